The van der Waals surface area contributed by atoms with Crippen molar-refractivity contribution >= 4 is 21.8 Å². The predicted molar refractivity (Wildman–Crippen MR) is 87.0 cm³/mol. The summed E-state index contributed by atoms with van der Waals surface area (Å²) < 4.78 is 6.69. The number of ether oxygens (including phenoxy) is 1. The molecule has 1 aromatic rings. The molecular formula is C15H22BrN3O2. The molecule has 1 aliphatic heterocycles. The molecule has 0 amide bonds. The summed E-state index contributed by atoms with van der Waals surface area (Å²) in [5.74, 6) is 0.489. The van der Waals surface area contributed by atoms with Gasteiger partial charge < -0.3 is 15.3 Å². The Morgan fingerprint density at radius 2 is 2.33 bits per heavy atom. The van der Waals surface area contributed by atoms with Gasteiger partial charge in [0.2, 0.25) is 0 Å². The molecule has 1 fully saturated rings. The van der Waals surface area contributed by atoms with Crippen LogP contribution in [0.15, 0.2) is 33.9 Å². The van der Waals surface area contributed by atoms with E-state index in [4.69, 9.17) is 15.3 Å². The molecule has 0 atom stereocenters. The highest BCUT2D eigenvalue weighted by molar-refractivity contribution is 9.10. The van der Waals surface area contributed by atoms with Crippen LogP contribution < -0.4 is 5.73 Å². The van der Waals surface area contributed by atoms with E-state index in [1.54, 1.807) is 0 Å². The average molecular weight is 356 g/mol. The molecule has 0 aliphatic carbocycles. The predicted octanol–water partition coefficient (Wildman–Crippen LogP) is 2.35. The minimum atomic E-state index is -0.129. The van der Waals surface area contributed by atoms with Gasteiger partial charge in [-0.3, -0.25) is 4.90 Å². The van der Waals surface area contributed by atoms with Crippen molar-refractivity contribution in [2.75, 3.05) is 26.2 Å². The third-order valence-corrected chi connectivity index (χ3v) is 3.69. The third kappa shape index (κ3) is 5.65. The monoisotopic (exact) mass is 355 g/mol. The van der Waals surface area contributed by atoms with E-state index in [2.05, 4.69) is 39.8 Å². The summed E-state index contributed by atoms with van der Waals surface area (Å²) in [6.07, 6.45) is 0. The highest BCUT2D eigenvalue weighted by atomic mass is 79.9. The van der Waals surface area contributed by atoms with E-state index in [1.165, 1.54) is 0 Å². The first-order valence-electron chi connectivity index (χ1n) is 7.00. The van der Waals surface area contributed by atoms with E-state index in [0.717, 1.165) is 29.7 Å². The molecular weight excluding hydrogens is 334 g/mol. The van der Waals surface area contributed by atoms with Gasteiger partial charge in [0.05, 0.1) is 18.8 Å². The number of hydrogen-bond acceptors (Lipinski definition) is 4. The van der Waals surface area contributed by atoms with Crippen molar-refractivity contribution in [3.63, 3.8) is 0 Å². The number of amidine groups is 1. The average Bonchev–Trinajstić information content (AvgIpc) is 2.37. The molecule has 0 unspecified atom stereocenters. The minimum Gasteiger partial charge on any atom is -0.389 e. The van der Waals surface area contributed by atoms with Crippen molar-refractivity contribution in [3.05, 3.63) is 34.3 Å². The molecule has 21 heavy (non-hydrogen) atoms. The lowest BCUT2D eigenvalue weighted by Crippen LogP contribution is -2.50. The van der Waals surface area contributed by atoms with Crippen LogP contribution in [0.25, 0.3) is 0 Å². The molecule has 0 aromatic heterocycles. The van der Waals surface area contributed by atoms with Crippen molar-refractivity contribution in [3.8, 4) is 0 Å². The number of oxime groups is 1. The van der Waals surface area contributed by atoms with Gasteiger partial charge in [-0.25, -0.2) is 0 Å². The Kier molecular flexibility index (Phi) is 5.61. The summed E-state index contributed by atoms with van der Waals surface area (Å²) in [6.45, 7) is 7.60. The van der Waals surface area contributed by atoms with Gasteiger partial charge in [0.1, 0.15) is 6.61 Å². The summed E-state index contributed by atoms with van der Waals surface area (Å²) in [5.41, 5.74) is 6.84. The Hall–Kier alpha value is -1.11. The van der Waals surface area contributed by atoms with Crippen LogP contribution in [-0.2, 0) is 16.2 Å². The Bertz CT molecular complexity index is 505. The molecule has 1 saturated heterocycles. The van der Waals surface area contributed by atoms with Crippen LogP contribution in [0, 0.1) is 0 Å². The van der Waals surface area contributed by atoms with E-state index < -0.39 is 0 Å². The summed E-state index contributed by atoms with van der Waals surface area (Å²) >= 11 is 3.42. The van der Waals surface area contributed by atoms with Gasteiger partial charge in [0.15, 0.2) is 5.84 Å². The van der Waals surface area contributed by atoms with Crippen LogP contribution in [0.4, 0.5) is 0 Å². The first-order valence-corrected chi connectivity index (χ1v) is 7.79. The van der Waals surface area contributed by atoms with Gasteiger partial charge >= 0.3 is 0 Å². The molecule has 0 spiro atoms. The van der Waals surface area contributed by atoms with E-state index in [1.807, 2.05) is 24.3 Å². The first kappa shape index (κ1) is 16.3. The number of halogens is 1. The van der Waals surface area contributed by atoms with Crippen molar-refractivity contribution < 1.29 is 9.57 Å². The lowest BCUT2D eigenvalue weighted by Gasteiger charge is -2.37. The van der Waals surface area contributed by atoms with E-state index in [0.29, 0.717) is 19.0 Å². The second-order valence-corrected chi connectivity index (χ2v) is 6.72. The second-order valence-electron chi connectivity index (χ2n) is 5.80. The van der Waals surface area contributed by atoms with Gasteiger partial charge in [-0.05, 0) is 31.5 Å². The van der Waals surface area contributed by atoms with Gasteiger partial charge in [0.25, 0.3) is 0 Å². The Morgan fingerprint density at radius 1 is 1.52 bits per heavy atom. The Labute approximate surface area is 134 Å². The van der Waals surface area contributed by atoms with Crippen molar-refractivity contribution in [1.29, 1.82) is 0 Å². The normalized spacial score (nSPS) is 19.5. The zero-order chi connectivity index (χ0) is 15.3. The number of rotatable bonds is 5. The minimum absolute atomic E-state index is 0.129. The molecule has 2 N–H and O–H groups in total. The maximum atomic E-state index is 5.92. The zero-order valence-electron chi connectivity index (χ0n) is 12.5. The van der Waals surface area contributed by atoms with E-state index in [9.17, 15) is 0 Å². The molecule has 0 radical (unpaired) electrons. The van der Waals surface area contributed by atoms with Crippen LogP contribution >= 0.6 is 15.9 Å². The Morgan fingerprint density at radius 3 is 3.05 bits per heavy atom. The summed E-state index contributed by atoms with van der Waals surface area (Å²) in [4.78, 5) is 7.54. The fourth-order valence-electron chi connectivity index (χ4n) is 2.32. The SMILES string of the molecule is CC1(C)CN(C/C(N)=N/OCc2cccc(Br)c2)CCO1. The smallest absolute Gasteiger partial charge is 0.153 e. The zero-order valence-corrected chi connectivity index (χ0v) is 14.1. The highest BCUT2D eigenvalue weighted by Crippen LogP contribution is 2.16. The van der Waals surface area contributed by atoms with Gasteiger partial charge in [-0.1, -0.05) is 33.2 Å². The lowest BCUT2D eigenvalue weighted by molar-refractivity contribution is -0.0821. The summed E-state index contributed by atoms with van der Waals surface area (Å²) in [5, 5.41) is 3.99. The summed E-state index contributed by atoms with van der Waals surface area (Å²) in [6, 6.07) is 7.92. The fraction of sp³-hybridized carbons (Fsp3) is 0.533. The van der Waals surface area contributed by atoms with Crippen molar-refractivity contribution in [2.45, 2.75) is 26.1 Å². The third-order valence-electron chi connectivity index (χ3n) is 3.19. The number of hydrogen-bond donors (Lipinski definition) is 1. The van der Waals surface area contributed by atoms with Crippen molar-refractivity contribution in [2.24, 2.45) is 10.9 Å². The maximum absolute atomic E-state index is 5.92. The van der Waals surface area contributed by atoms with Crippen LogP contribution in [0.3, 0.4) is 0 Å². The maximum Gasteiger partial charge on any atom is 0.153 e. The molecule has 0 bridgehead atoms. The van der Waals surface area contributed by atoms with Crippen LogP contribution in [0.5, 0.6) is 0 Å². The standard InChI is InChI=1S/C15H22BrN3O2/c1-15(2)11-19(6-7-20-15)9-14(17)18-21-10-12-4-3-5-13(16)8-12/h3-5,8H,6-7,9-11H2,1-2H3,(H2,17,18). The summed E-state index contributed by atoms with van der Waals surface area (Å²) in [7, 11) is 0. The Balaban J connectivity index is 1.79. The lowest BCUT2D eigenvalue weighted by atomic mass is 10.1. The molecule has 1 aromatic carbocycles. The largest absolute Gasteiger partial charge is 0.389 e. The molecule has 2 rings (SSSR count). The van der Waals surface area contributed by atoms with Crippen LogP contribution in [0.1, 0.15) is 19.4 Å². The number of morpholine rings is 1. The molecule has 6 heteroatoms. The van der Waals surface area contributed by atoms with E-state index >= 15 is 0 Å². The quantitative estimate of drug-likeness (QED) is 0.500. The number of nitrogens with two attached hydrogens (primary N) is 1. The molecule has 1 aliphatic rings. The molecule has 5 nitrogen and oxygen atoms in total. The molecule has 116 valence electrons. The van der Waals surface area contributed by atoms with Gasteiger partial charge in [-0.2, -0.15) is 0 Å². The highest BCUT2D eigenvalue weighted by Gasteiger charge is 2.27. The fourth-order valence-corrected chi connectivity index (χ4v) is 2.77. The topological polar surface area (TPSA) is 60.1 Å². The second kappa shape index (κ2) is 7.24. The molecule has 0 saturated carbocycles. The van der Waals surface area contributed by atoms with Crippen molar-refractivity contribution in [1.82, 2.24) is 4.90 Å². The number of benzene rings is 1. The van der Waals surface area contributed by atoms with Gasteiger partial charge in [0, 0.05) is 17.6 Å². The van der Waals surface area contributed by atoms with Gasteiger partial charge in [-0.15, -0.1) is 0 Å². The number of nitrogens with zero attached hydrogens (tertiary/aromatic N) is 2. The first-order chi connectivity index (χ1) is 9.94. The van der Waals surface area contributed by atoms with E-state index in [-0.39, 0.29) is 5.60 Å². The molecule has 1 heterocycles. The van der Waals surface area contributed by atoms with Crippen LogP contribution in [0.2, 0.25) is 0 Å². The van der Waals surface area contributed by atoms with Crippen LogP contribution in [-0.4, -0.2) is 42.6 Å².